The van der Waals surface area contributed by atoms with Crippen LogP contribution in [0.25, 0.3) is 0 Å². The highest BCUT2D eigenvalue weighted by Gasteiger charge is 1.97. The minimum absolute atomic E-state index is 0.298. The number of hydrogen-bond acceptors (Lipinski definition) is 5. The maximum atomic E-state index is 10.6. The highest BCUT2D eigenvalue weighted by Crippen LogP contribution is 1.84. The zero-order valence-electron chi connectivity index (χ0n) is 10.3. The van der Waals surface area contributed by atoms with Crippen molar-refractivity contribution < 1.29 is 23.5 Å². The van der Waals surface area contributed by atoms with Gasteiger partial charge in [0.15, 0.2) is 0 Å². The van der Waals surface area contributed by atoms with Crippen molar-refractivity contribution in [3.63, 3.8) is 0 Å². The average molecular weight is 248 g/mol. The Morgan fingerprint density at radius 2 is 1.25 bits per heavy atom. The topological polar surface area (TPSA) is 61.8 Å². The van der Waals surface area contributed by atoms with Crippen LogP contribution in [0.15, 0.2) is 12.2 Å². The van der Waals surface area contributed by atoms with Gasteiger partial charge in [0.1, 0.15) is 10.5 Å². The Kier molecular flexibility index (Phi) is 14.9. The number of esters is 2. The molecule has 0 fully saturated rings. The Balaban J connectivity index is 0. The largest absolute Gasteiger partial charge is 0.463 e. The summed E-state index contributed by atoms with van der Waals surface area (Å²) in [4.78, 5) is 21.3. The van der Waals surface area contributed by atoms with Crippen molar-refractivity contribution in [2.45, 2.75) is 20.8 Å². The lowest BCUT2D eigenvalue weighted by Crippen LogP contribution is -2.03. The van der Waals surface area contributed by atoms with Crippen LogP contribution in [0.2, 0.25) is 0 Å². The highest BCUT2D eigenvalue weighted by atomic mass is 28.2. The van der Waals surface area contributed by atoms with E-state index in [1.165, 1.54) is 0 Å². The first kappa shape index (κ1) is 17.3. The zero-order valence-corrected chi connectivity index (χ0v) is 12.3. The minimum atomic E-state index is -0.537. The Labute approximate surface area is 99.3 Å². The van der Waals surface area contributed by atoms with Crippen molar-refractivity contribution in [3.8, 4) is 0 Å². The number of hydrogen-bond donors (Lipinski definition) is 0. The maximum Gasteiger partial charge on any atom is 0.330 e. The Morgan fingerprint density at radius 3 is 1.44 bits per heavy atom. The molecule has 0 rings (SSSR count). The van der Waals surface area contributed by atoms with E-state index in [0.29, 0.717) is 13.2 Å². The Morgan fingerprint density at radius 1 is 0.938 bits per heavy atom. The molecule has 0 heterocycles. The van der Waals surface area contributed by atoms with Crippen LogP contribution in [0.1, 0.15) is 20.8 Å². The van der Waals surface area contributed by atoms with Crippen LogP contribution in [0.4, 0.5) is 0 Å². The maximum absolute atomic E-state index is 10.6. The summed E-state index contributed by atoms with van der Waals surface area (Å²) >= 11 is 0. The molecule has 0 atom stereocenters. The molecule has 0 saturated heterocycles. The quantitative estimate of drug-likeness (QED) is 0.388. The van der Waals surface area contributed by atoms with Crippen LogP contribution >= 0.6 is 0 Å². The van der Waals surface area contributed by atoms with Crippen molar-refractivity contribution in [2.75, 3.05) is 19.8 Å². The van der Waals surface area contributed by atoms with E-state index < -0.39 is 11.9 Å². The van der Waals surface area contributed by atoms with Gasteiger partial charge in [0.2, 0.25) is 0 Å². The van der Waals surface area contributed by atoms with Crippen LogP contribution < -0.4 is 0 Å². The van der Waals surface area contributed by atoms with Crippen LogP contribution in [0.3, 0.4) is 0 Å². The van der Waals surface area contributed by atoms with Crippen LogP contribution in [-0.4, -0.2) is 42.2 Å². The van der Waals surface area contributed by atoms with Crippen LogP contribution in [0.5, 0.6) is 0 Å². The molecule has 0 aliphatic rings. The molecule has 0 aromatic rings. The Bertz CT molecular complexity index is 193. The number of rotatable bonds is 5. The summed E-state index contributed by atoms with van der Waals surface area (Å²) in [5.74, 6) is -1.07. The Hall–Kier alpha value is -1.14. The van der Waals surface area contributed by atoms with Gasteiger partial charge < -0.3 is 13.9 Å². The van der Waals surface area contributed by atoms with E-state index in [-0.39, 0.29) is 0 Å². The lowest BCUT2D eigenvalue weighted by Gasteiger charge is -1.95. The van der Waals surface area contributed by atoms with Crippen molar-refractivity contribution in [1.82, 2.24) is 0 Å². The molecule has 0 aliphatic heterocycles. The van der Waals surface area contributed by atoms with Gasteiger partial charge in [-0.15, -0.1) is 0 Å². The monoisotopic (exact) mass is 248 g/mol. The molecule has 0 radical (unpaired) electrons. The van der Waals surface area contributed by atoms with Gasteiger partial charge in [-0.05, 0) is 20.8 Å². The van der Waals surface area contributed by atoms with Gasteiger partial charge in [0.25, 0.3) is 0 Å². The first-order valence-corrected chi connectivity index (χ1v) is 5.94. The predicted octanol–water partition coefficient (Wildman–Crippen LogP) is -0.0279. The van der Waals surface area contributed by atoms with Gasteiger partial charge in [0, 0.05) is 18.8 Å². The van der Waals surface area contributed by atoms with E-state index in [2.05, 4.69) is 13.9 Å². The summed E-state index contributed by atoms with van der Waals surface area (Å²) in [7, 11) is 0.890. The van der Waals surface area contributed by atoms with Crippen molar-refractivity contribution >= 4 is 22.4 Å². The first-order valence-electron chi connectivity index (χ1n) is 5.12. The normalized spacial score (nSPS) is 9.44. The lowest BCUT2D eigenvalue weighted by molar-refractivity contribution is -0.140. The molecule has 0 amide bonds. The minimum Gasteiger partial charge on any atom is -0.463 e. The molecular weight excluding hydrogens is 228 g/mol. The molecular formula is C10H20O5Si. The molecule has 0 aliphatic carbocycles. The molecule has 0 N–H and O–H groups in total. The molecule has 0 unspecified atom stereocenters. The van der Waals surface area contributed by atoms with Crippen LogP contribution in [0, 0.1) is 0 Å². The van der Waals surface area contributed by atoms with Gasteiger partial charge in [-0.3, -0.25) is 0 Å². The number of carbonyl (C=O) groups excluding carboxylic acids is 2. The molecule has 0 saturated carbocycles. The molecule has 16 heavy (non-hydrogen) atoms. The van der Waals surface area contributed by atoms with Gasteiger partial charge in [-0.1, -0.05) is 0 Å². The van der Waals surface area contributed by atoms with E-state index in [1.807, 2.05) is 6.92 Å². The standard InChI is InChI=1S/C8H12O4.C2H8OSi/c1-3-11-7(9)5-6-8(10)12-4-2;1-2-3-4/h5-6H,3-4H2,1-2H3;2H2,1,4H3/b6-5-;. The number of ether oxygens (including phenoxy) is 2. The summed E-state index contributed by atoms with van der Waals surface area (Å²) < 4.78 is 13.8. The summed E-state index contributed by atoms with van der Waals surface area (Å²) in [6.07, 6.45) is 2.09. The van der Waals surface area contributed by atoms with Crippen molar-refractivity contribution in [1.29, 1.82) is 0 Å². The second-order valence-corrected chi connectivity index (χ2v) is 2.99. The third kappa shape index (κ3) is 15.3. The first-order chi connectivity index (χ1) is 7.62. The third-order valence-corrected chi connectivity index (χ3v) is 1.79. The molecule has 94 valence electrons. The third-order valence-electron chi connectivity index (χ3n) is 1.22. The SMILES string of the molecule is CCOC(=O)/C=C\C(=O)OCC.CCO[SiH3]. The molecule has 0 aromatic carbocycles. The van der Waals surface area contributed by atoms with E-state index in [9.17, 15) is 9.59 Å². The van der Waals surface area contributed by atoms with Crippen molar-refractivity contribution in [2.24, 2.45) is 0 Å². The van der Waals surface area contributed by atoms with E-state index in [1.54, 1.807) is 13.8 Å². The average Bonchev–Trinajstić information content (AvgIpc) is 2.28. The van der Waals surface area contributed by atoms with Gasteiger partial charge in [-0.25, -0.2) is 9.59 Å². The molecule has 5 nitrogen and oxygen atoms in total. The summed E-state index contributed by atoms with van der Waals surface area (Å²) in [6, 6.07) is 0. The second-order valence-electron chi connectivity index (χ2n) is 2.41. The molecule has 0 aromatic heterocycles. The number of carbonyl (C=O) groups is 2. The van der Waals surface area contributed by atoms with Crippen LogP contribution in [-0.2, 0) is 23.5 Å². The molecule has 6 heteroatoms. The van der Waals surface area contributed by atoms with Gasteiger partial charge in [0.05, 0.1) is 13.2 Å². The second kappa shape index (κ2) is 13.9. The highest BCUT2D eigenvalue weighted by molar-refractivity contribution is 5.97. The van der Waals surface area contributed by atoms with E-state index >= 15 is 0 Å². The fourth-order valence-corrected chi connectivity index (χ4v) is 0.517. The molecule has 0 spiro atoms. The smallest absolute Gasteiger partial charge is 0.330 e. The van der Waals surface area contributed by atoms with Crippen molar-refractivity contribution in [3.05, 3.63) is 12.2 Å². The van der Waals surface area contributed by atoms with E-state index in [4.69, 9.17) is 0 Å². The van der Waals surface area contributed by atoms with Gasteiger partial charge >= 0.3 is 11.9 Å². The predicted molar refractivity (Wildman–Crippen MR) is 64.0 cm³/mol. The summed E-state index contributed by atoms with van der Waals surface area (Å²) in [5.41, 5.74) is 0. The zero-order chi connectivity index (χ0) is 12.8. The van der Waals surface area contributed by atoms with E-state index in [0.717, 1.165) is 29.2 Å². The fraction of sp³-hybridized carbons (Fsp3) is 0.600. The lowest BCUT2D eigenvalue weighted by atomic mass is 10.5. The summed E-state index contributed by atoms with van der Waals surface area (Å²) in [6.45, 7) is 6.85. The fourth-order valence-electron chi connectivity index (χ4n) is 0.517. The summed E-state index contributed by atoms with van der Waals surface area (Å²) in [5, 5.41) is 0. The van der Waals surface area contributed by atoms with Gasteiger partial charge in [-0.2, -0.15) is 0 Å². The molecule has 0 bridgehead atoms.